The van der Waals surface area contributed by atoms with Gasteiger partial charge in [0.2, 0.25) is 0 Å². The SMILES string of the molecule is C[C@H](c1ccc2ccccc2c1)c1nnn2cc(-c3cc(F)ccc3F)cc(C(=O)N[C@@H](C)c3ccc(C(=O)O)cc3)c12. The molecular weight excluding hydrogens is 550 g/mol. The Kier molecular flexibility index (Phi) is 7.15. The van der Waals surface area contributed by atoms with Gasteiger partial charge in [0.1, 0.15) is 17.2 Å². The Morgan fingerprint density at radius 3 is 2.33 bits per heavy atom. The normalized spacial score (nSPS) is 12.7. The van der Waals surface area contributed by atoms with Gasteiger partial charge < -0.3 is 10.4 Å². The van der Waals surface area contributed by atoms with E-state index in [-0.39, 0.29) is 28.2 Å². The standard InChI is InChI=1S/C34H26F2N4O3/c1-19(24-12-9-22-5-3-4-6-25(22)15-24)31-32-29(33(41)37-20(2)21-7-10-23(11-8-21)34(42)43)16-26(18-40(32)39-38-31)28-17-27(35)13-14-30(28)36/h3-20H,1-2H3,(H,37,41)(H,42,43)/t19-,20+/m1/s1. The average molecular weight is 577 g/mol. The van der Waals surface area contributed by atoms with Crippen molar-refractivity contribution < 1.29 is 23.5 Å². The number of halogens is 2. The van der Waals surface area contributed by atoms with Crippen LogP contribution in [0.4, 0.5) is 8.78 Å². The van der Waals surface area contributed by atoms with E-state index in [2.05, 4.69) is 21.7 Å². The molecule has 0 fully saturated rings. The molecule has 0 spiro atoms. The van der Waals surface area contributed by atoms with Crippen molar-refractivity contribution in [1.29, 1.82) is 0 Å². The van der Waals surface area contributed by atoms with Crippen LogP contribution in [-0.2, 0) is 0 Å². The van der Waals surface area contributed by atoms with E-state index in [9.17, 15) is 23.5 Å². The summed E-state index contributed by atoms with van der Waals surface area (Å²) in [5.41, 5.74) is 3.19. The van der Waals surface area contributed by atoms with E-state index in [0.29, 0.717) is 16.8 Å². The minimum absolute atomic E-state index is 0.0205. The molecule has 2 heterocycles. The lowest BCUT2D eigenvalue weighted by Crippen LogP contribution is -2.27. The van der Waals surface area contributed by atoms with Crippen LogP contribution in [0.15, 0.2) is 97.2 Å². The van der Waals surface area contributed by atoms with E-state index < -0.39 is 29.6 Å². The first kappa shape index (κ1) is 27.7. The lowest BCUT2D eigenvalue weighted by molar-refractivity contribution is 0.0696. The summed E-state index contributed by atoms with van der Waals surface area (Å²) in [6.45, 7) is 3.75. The smallest absolute Gasteiger partial charge is 0.335 e. The number of benzene rings is 4. The van der Waals surface area contributed by atoms with Gasteiger partial charge in [0.05, 0.1) is 22.9 Å². The van der Waals surface area contributed by atoms with Crippen molar-refractivity contribution in [2.45, 2.75) is 25.8 Å². The van der Waals surface area contributed by atoms with Crippen LogP contribution >= 0.6 is 0 Å². The zero-order chi connectivity index (χ0) is 30.2. The second kappa shape index (κ2) is 11.1. The van der Waals surface area contributed by atoms with Gasteiger partial charge in [0, 0.05) is 23.2 Å². The molecule has 0 saturated carbocycles. The number of carboxylic acids is 1. The molecule has 6 rings (SSSR count). The third-order valence-electron chi connectivity index (χ3n) is 7.71. The van der Waals surface area contributed by atoms with E-state index in [4.69, 9.17) is 0 Å². The number of carbonyl (C=O) groups is 2. The van der Waals surface area contributed by atoms with Crippen LogP contribution in [0.1, 0.15) is 63.3 Å². The molecule has 0 radical (unpaired) electrons. The summed E-state index contributed by atoms with van der Waals surface area (Å²) >= 11 is 0. The van der Waals surface area contributed by atoms with Crippen molar-refractivity contribution in [3.8, 4) is 11.1 Å². The maximum absolute atomic E-state index is 14.8. The molecule has 0 saturated heterocycles. The van der Waals surface area contributed by atoms with E-state index in [1.807, 2.05) is 43.3 Å². The number of amides is 1. The van der Waals surface area contributed by atoms with Crippen LogP contribution in [0, 0.1) is 11.6 Å². The second-order valence-electron chi connectivity index (χ2n) is 10.5. The summed E-state index contributed by atoms with van der Waals surface area (Å²) in [7, 11) is 0. The van der Waals surface area contributed by atoms with Crippen molar-refractivity contribution in [1.82, 2.24) is 20.1 Å². The Balaban J connectivity index is 1.45. The van der Waals surface area contributed by atoms with Crippen molar-refractivity contribution in [3.05, 3.63) is 137 Å². The van der Waals surface area contributed by atoms with Gasteiger partial charge in [-0.2, -0.15) is 0 Å². The van der Waals surface area contributed by atoms with Gasteiger partial charge >= 0.3 is 5.97 Å². The van der Waals surface area contributed by atoms with Gasteiger partial charge in [-0.25, -0.2) is 18.1 Å². The minimum Gasteiger partial charge on any atom is -0.478 e. The third-order valence-corrected chi connectivity index (χ3v) is 7.71. The fraction of sp³-hybridized carbons (Fsp3) is 0.118. The van der Waals surface area contributed by atoms with Gasteiger partial charge in [0.15, 0.2) is 0 Å². The number of nitrogens with one attached hydrogen (secondary N) is 1. The van der Waals surface area contributed by atoms with Crippen LogP contribution in [-0.4, -0.2) is 31.8 Å². The highest BCUT2D eigenvalue weighted by Crippen LogP contribution is 2.33. The monoisotopic (exact) mass is 576 g/mol. The topological polar surface area (TPSA) is 96.6 Å². The number of hydrogen-bond acceptors (Lipinski definition) is 4. The number of rotatable bonds is 7. The second-order valence-corrected chi connectivity index (χ2v) is 10.5. The number of aromatic nitrogens is 3. The van der Waals surface area contributed by atoms with Gasteiger partial charge in [-0.1, -0.05) is 66.7 Å². The molecule has 6 aromatic rings. The first-order valence-corrected chi connectivity index (χ1v) is 13.7. The van der Waals surface area contributed by atoms with E-state index >= 15 is 0 Å². The molecule has 0 aliphatic heterocycles. The predicted octanol–water partition coefficient (Wildman–Crippen LogP) is 7.17. The fourth-order valence-corrected chi connectivity index (χ4v) is 5.29. The third kappa shape index (κ3) is 5.32. The molecule has 214 valence electrons. The molecule has 9 heteroatoms. The van der Waals surface area contributed by atoms with Crippen LogP contribution in [0.2, 0.25) is 0 Å². The number of carbonyl (C=O) groups excluding carboxylic acids is 1. The maximum Gasteiger partial charge on any atom is 0.335 e. The molecule has 43 heavy (non-hydrogen) atoms. The molecule has 7 nitrogen and oxygen atoms in total. The van der Waals surface area contributed by atoms with E-state index in [0.717, 1.165) is 34.5 Å². The largest absolute Gasteiger partial charge is 0.478 e. The fourth-order valence-electron chi connectivity index (χ4n) is 5.29. The molecule has 2 aromatic heterocycles. The lowest BCUT2D eigenvalue weighted by Gasteiger charge is -2.17. The molecule has 1 amide bonds. The van der Waals surface area contributed by atoms with Crippen molar-refractivity contribution in [2.75, 3.05) is 0 Å². The van der Waals surface area contributed by atoms with Crippen molar-refractivity contribution in [3.63, 3.8) is 0 Å². The van der Waals surface area contributed by atoms with Gasteiger partial charge in [-0.3, -0.25) is 4.79 Å². The van der Waals surface area contributed by atoms with Crippen LogP contribution in [0.5, 0.6) is 0 Å². The summed E-state index contributed by atoms with van der Waals surface area (Å²) in [6, 6.07) is 24.5. The lowest BCUT2D eigenvalue weighted by atomic mass is 9.93. The van der Waals surface area contributed by atoms with Crippen LogP contribution < -0.4 is 5.32 Å². The highest BCUT2D eigenvalue weighted by molar-refractivity contribution is 6.03. The summed E-state index contributed by atoms with van der Waals surface area (Å²) in [4.78, 5) is 25.2. The zero-order valence-electron chi connectivity index (χ0n) is 23.3. The first-order chi connectivity index (χ1) is 20.7. The predicted molar refractivity (Wildman–Crippen MR) is 159 cm³/mol. The Morgan fingerprint density at radius 2 is 1.58 bits per heavy atom. The summed E-state index contributed by atoms with van der Waals surface area (Å²) in [5, 5.41) is 23.1. The molecule has 2 N–H and O–H groups in total. The number of carboxylic acid groups (broad SMARTS) is 1. The molecule has 2 atom stereocenters. The van der Waals surface area contributed by atoms with Crippen LogP contribution in [0.25, 0.3) is 27.4 Å². The Hall–Kier alpha value is -5.44. The quantitative estimate of drug-likeness (QED) is 0.210. The van der Waals surface area contributed by atoms with Crippen molar-refractivity contribution in [2.24, 2.45) is 0 Å². The number of aromatic carboxylic acids is 1. The summed E-state index contributed by atoms with van der Waals surface area (Å²) in [6.07, 6.45) is 1.53. The van der Waals surface area contributed by atoms with Crippen LogP contribution in [0.3, 0.4) is 0 Å². The summed E-state index contributed by atoms with van der Waals surface area (Å²) < 4.78 is 30.4. The molecule has 0 aliphatic carbocycles. The molecule has 4 aromatic carbocycles. The van der Waals surface area contributed by atoms with Crippen molar-refractivity contribution >= 4 is 28.2 Å². The number of fused-ring (bicyclic) bond motifs is 2. The zero-order valence-corrected chi connectivity index (χ0v) is 23.3. The maximum atomic E-state index is 14.8. The highest BCUT2D eigenvalue weighted by Gasteiger charge is 2.25. The average Bonchev–Trinajstić information content (AvgIpc) is 3.45. The van der Waals surface area contributed by atoms with E-state index in [1.165, 1.54) is 28.9 Å². The molecule has 0 aliphatic rings. The highest BCUT2D eigenvalue weighted by atomic mass is 19.1. The Labute approximate surface area is 245 Å². The summed E-state index contributed by atoms with van der Waals surface area (Å²) in [5.74, 6) is -3.05. The van der Waals surface area contributed by atoms with Gasteiger partial charge in [-0.05, 0) is 65.2 Å². The Bertz CT molecular complexity index is 2020. The molecule has 0 unspecified atom stereocenters. The van der Waals surface area contributed by atoms with Gasteiger partial charge in [-0.15, -0.1) is 5.10 Å². The first-order valence-electron chi connectivity index (χ1n) is 13.7. The molecular formula is C34H26F2N4O3. The molecule has 0 bridgehead atoms. The minimum atomic E-state index is -1.05. The Morgan fingerprint density at radius 1 is 0.860 bits per heavy atom. The number of hydrogen-bond donors (Lipinski definition) is 2. The number of nitrogens with zero attached hydrogens (tertiary/aromatic N) is 3. The number of pyridine rings is 1. The van der Waals surface area contributed by atoms with Gasteiger partial charge in [0.25, 0.3) is 5.91 Å². The van der Waals surface area contributed by atoms with E-state index in [1.54, 1.807) is 19.1 Å².